The molecule has 0 heterocycles. The van der Waals surface area contributed by atoms with Gasteiger partial charge in [-0.15, -0.1) is 0 Å². The number of allylic oxidation sites excluding steroid dienone is 1. The summed E-state index contributed by atoms with van der Waals surface area (Å²) >= 11 is 0. The van der Waals surface area contributed by atoms with E-state index in [0.29, 0.717) is 18.7 Å². The number of rotatable bonds is 5. The highest BCUT2D eigenvalue weighted by molar-refractivity contribution is 5.35. The number of hydrogen-bond acceptors (Lipinski definition) is 3. The fourth-order valence-electron chi connectivity index (χ4n) is 1.33. The maximum Gasteiger partial charge on any atom is 0.272 e. The molecule has 5 heteroatoms. The Balaban J connectivity index is 2.65. The van der Waals surface area contributed by atoms with Crippen molar-refractivity contribution >= 4 is 5.69 Å². The number of nitrogens with one attached hydrogen (secondary N) is 1. The van der Waals surface area contributed by atoms with Crippen molar-refractivity contribution in [3.8, 4) is 0 Å². The third kappa shape index (κ3) is 4.74. The van der Waals surface area contributed by atoms with E-state index in [9.17, 15) is 14.5 Å². The molecule has 1 N–H and O–H groups in total. The average molecular weight is 238 g/mol. The molecule has 4 nitrogen and oxygen atoms in total. The van der Waals surface area contributed by atoms with Crippen molar-refractivity contribution in [1.82, 2.24) is 5.32 Å². The van der Waals surface area contributed by atoms with Crippen molar-refractivity contribution in [2.24, 2.45) is 0 Å². The Kier molecular flexibility index (Phi) is 4.78. The molecule has 17 heavy (non-hydrogen) atoms. The maximum absolute atomic E-state index is 13.1. The van der Waals surface area contributed by atoms with Crippen LogP contribution in [0.5, 0.6) is 0 Å². The Labute approximate surface area is 99.3 Å². The molecule has 1 aromatic carbocycles. The van der Waals surface area contributed by atoms with Crippen molar-refractivity contribution in [3.63, 3.8) is 0 Å². The molecule has 0 saturated carbocycles. The second kappa shape index (κ2) is 6.10. The lowest BCUT2D eigenvalue weighted by molar-refractivity contribution is -0.385. The highest BCUT2D eigenvalue weighted by atomic mass is 19.1. The van der Waals surface area contributed by atoms with Gasteiger partial charge in [0.15, 0.2) is 0 Å². The zero-order valence-corrected chi connectivity index (χ0v) is 9.87. The van der Waals surface area contributed by atoms with Crippen LogP contribution in [-0.2, 0) is 6.54 Å². The van der Waals surface area contributed by atoms with Gasteiger partial charge in [0.25, 0.3) is 5.69 Å². The van der Waals surface area contributed by atoms with Crippen molar-refractivity contribution in [1.29, 1.82) is 0 Å². The fraction of sp³-hybridized carbons (Fsp3) is 0.333. The zero-order chi connectivity index (χ0) is 12.8. The van der Waals surface area contributed by atoms with Crippen LogP contribution in [0.4, 0.5) is 10.1 Å². The summed E-state index contributed by atoms with van der Waals surface area (Å²) in [5.74, 6) is -0.585. The van der Waals surface area contributed by atoms with Gasteiger partial charge in [0.2, 0.25) is 0 Å². The Morgan fingerprint density at radius 3 is 2.76 bits per heavy atom. The van der Waals surface area contributed by atoms with Gasteiger partial charge in [-0.1, -0.05) is 11.6 Å². The maximum atomic E-state index is 13.1. The van der Waals surface area contributed by atoms with Crippen LogP contribution in [0.2, 0.25) is 0 Å². The molecule has 0 unspecified atom stereocenters. The molecule has 0 aliphatic heterocycles. The summed E-state index contributed by atoms with van der Waals surface area (Å²) in [7, 11) is 0. The minimum Gasteiger partial charge on any atom is -0.309 e. The summed E-state index contributed by atoms with van der Waals surface area (Å²) < 4.78 is 13.1. The zero-order valence-electron chi connectivity index (χ0n) is 9.87. The number of hydrogen-bond donors (Lipinski definition) is 1. The van der Waals surface area contributed by atoms with Crippen molar-refractivity contribution in [2.75, 3.05) is 6.54 Å². The molecule has 0 atom stereocenters. The van der Waals surface area contributed by atoms with Gasteiger partial charge in [-0.2, -0.15) is 0 Å². The van der Waals surface area contributed by atoms with E-state index >= 15 is 0 Å². The van der Waals surface area contributed by atoms with Gasteiger partial charge in [-0.3, -0.25) is 10.1 Å². The molecule has 0 saturated heterocycles. The number of non-ortho nitro benzene ring substituents is 1. The summed E-state index contributed by atoms with van der Waals surface area (Å²) in [5.41, 5.74) is 1.53. The molecule has 0 aliphatic carbocycles. The van der Waals surface area contributed by atoms with E-state index in [4.69, 9.17) is 0 Å². The standard InChI is InChI=1S/C12H15FN2O2/c1-9(2)3-4-14-8-10-5-11(13)7-12(6-10)15(16)17/h3,5-7,14H,4,8H2,1-2H3. The van der Waals surface area contributed by atoms with Crippen LogP contribution in [0, 0.1) is 15.9 Å². The van der Waals surface area contributed by atoms with Crippen LogP contribution in [-0.4, -0.2) is 11.5 Å². The SMILES string of the molecule is CC(C)=CCNCc1cc(F)cc([N+](=O)[O-])c1. The van der Waals surface area contributed by atoms with Gasteiger partial charge in [-0.05, 0) is 25.5 Å². The van der Waals surface area contributed by atoms with Crippen LogP contribution in [0.3, 0.4) is 0 Å². The van der Waals surface area contributed by atoms with Crippen molar-refractivity contribution in [2.45, 2.75) is 20.4 Å². The molecule has 0 aromatic heterocycles. The predicted octanol–water partition coefficient (Wildman–Crippen LogP) is 2.79. The normalized spacial score (nSPS) is 10.1. The molecule has 0 amide bonds. The van der Waals surface area contributed by atoms with Gasteiger partial charge in [-0.25, -0.2) is 4.39 Å². The smallest absolute Gasteiger partial charge is 0.272 e. The summed E-state index contributed by atoms with van der Waals surface area (Å²) in [6, 6.07) is 3.58. The largest absolute Gasteiger partial charge is 0.309 e. The van der Waals surface area contributed by atoms with Gasteiger partial charge in [0.05, 0.1) is 11.0 Å². The topological polar surface area (TPSA) is 55.2 Å². The monoisotopic (exact) mass is 238 g/mol. The highest BCUT2D eigenvalue weighted by Crippen LogP contribution is 2.16. The molecule has 0 bridgehead atoms. The molecular weight excluding hydrogens is 223 g/mol. The first-order chi connectivity index (χ1) is 7.99. The predicted molar refractivity (Wildman–Crippen MR) is 64.2 cm³/mol. The number of halogens is 1. The second-order valence-corrected chi connectivity index (χ2v) is 3.99. The molecular formula is C12H15FN2O2. The Morgan fingerprint density at radius 2 is 2.18 bits per heavy atom. The average Bonchev–Trinajstić information content (AvgIpc) is 2.23. The minimum atomic E-state index is -0.595. The van der Waals surface area contributed by atoms with Crippen LogP contribution < -0.4 is 5.32 Å². The molecule has 1 aromatic rings. The lowest BCUT2D eigenvalue weighted by Crippen LogP contribution is -2.13. The molecule has 0 aliphatic rings. The third-order valence-electron chi connectivity index (χ3n) is 2.14. The van der Waals surface area contributed by atoms with Gasteiger partial charge < -0.3 is 5.32 Å². The molecule has 0 radical (unpaired) electrons. The van der Waals surface area contributed by atoms with Gasteiger partial charge in [0, 0.05) is 19.2 Å². The van der Waals surface area contributed by atoms with E-state index in [1.54, 1.807) is 0 Å². The van der Waals surface area contributed by atoms with Crippen molar-refractivity contribution in [3.05, 3.63) is 51.3 Å². The van der Waals surface area contributed by atoms with Crippen LogP contribution in [0.25, 0.3) is 0 Å². The van der Waals surface area contributed by atoms with Crippen LogP contribution in [0.15, 0.2) is 29.8 Å². The first kappa shape index (κ1) is 13.3. The molecule has 1 rings (SSSR count). The number of nitro benzene ring substituents is 1. The first-order valence-corrected chi connectivity index (χ1v) is 5.27. The first-order valence-electron chi connectivity index (χ1n) is 5.27. The molecule has 92 valence electrons. The minimum absolute atomic E-state index is 0.219. The van der Waals surface area contributed by atoms with E-state index in [-0.39, 0.29) is 5.69 Å². The van der Waals surface area contributed by atoms with Gasteiger partial charge in [0.1, 0.15) is 5.82 Å². The summed E-state index contributed by atoms with van der Waals surface area (Å²) in [6.45, 7) is 5.03. The number of benzene rings is 1. The number of nitrogens with zero attached hydrogens (tertiary/aromatic N) is 1. The highest BCUT2D eigenvalue weighted by Gasteiger charge is 2.09. The molecule has 0 spiro atoms. The summed E-state index contributed by atoms with van der Waals surface area (Å²) in [5, 5.41) is 13.6. The Morgan fingerprint density at radius 1 is 1.47 bits per heavy atom. The fourth-order valence-corrected chi connectivity index (χ4v) is 1.33. The van der Waals surface area contributed by atoms with Crippen LogP contribution >= 0.6 is 0 Å². The van der Waals surface area contributed by atoms with E-state index in [0.717, 1.165) is 6.07 Å². The van der Waals surface area contributed by atoms with Gasteiger partial charge >= 0.3 is 0 Å². The summed E-state index contributed by atoms with van der Waals surface area (Å²) in [6.07, 6.45) is 1.99. The summed E-state index contributed by atoms with van der Waals surface area (Å²) in [4.78, 5) is 9.94. The third-order valence-corrected chi connectivity index (χ3v) is 2.14. The van der Waals surface area contributed by atoms with E-state index in [1.165, 1.54) is 17.7 Å². The Hall–Kier alpha value is -1.75. The van der Waals surface area contributed by atoms with Crippen molar-refractivity contribution < 1.29 is 9.31 Å². The lowest BCUT2D eigenvalue weighted by Gasteiger charge is -2.03. The Bertz CT molecular complexity index is 440. The van der Waals surface area contributed by atoms with E-state index in [1.807, 2.05) is 19.9 Å². The van der Waals surface area contributed by atoms with Crippen LogP contribution in [0.1, 0.15) is 19.4 Å². The van der Waals surface area contributed by atoms with E-state index in [2.05, 4.69) is 5.32 Å². The number of nitro groups is 1. The second-order valence-electron chi connectivity index (χ2n) is 3.99. The van der Waals surface area contributed by atoms with E-state index < -0.39 is 10.7 Å². The molecule has 0 fully saturated rings. The lowest BCUT2D eigenvalue weighted by atomic mass is 10.2. The quantitative estimate of drug-likeness (QED) is 0.371.